The Morgan fingerprint density at radius 3 is 2.46 bits per heavy atom. The van der Waals surface area contributed by atoms with Gasteiger partial charge in [-0.05, 0) is 26.7 Å². The third-order valence-electron chi connectivity index (χ3n) is 2.60. The minimum Gasteiger partial charge on any atom is -0.481 e. The summed E-state index contributed by atoms with van der Waals surface area (Å²) in [7, 11) is 0. The quantitative estimate of drug-likeness (QED) is 0.787. The van der Waals surface area contributed by atoms with Gasteiger partial charge in [0, 0.05) is 4.88 Å². The number of hydrogen-bond acceptors (Lipinski definition) is 3. The molecule has 0 saturated heterocycles. The van der Waals surface area contributed by atoms with Crippen molar-refractivity contribution in [1.82, 2.24) is 4.98 Å². The van der Waals surface area contributed by atoms with Gasteiger partial charge in [-0.15, -0.1) is 11.3 Å². The Morgan fingerprint density at radius 2 is 2.15 bits per heavy atom. The number of aromatic nitrogens is 1. The summed E-state index contributed by atoms with van der Waals surface area (Å²) in [5.74, 6) is -0.721. The highest BCUT2D eigenvalue weighted by Gasteiger charge is 2.54. The number of aliphatic carboxylic acids is 1. The van der Waals surface area contributed by atoms with Gasteiger partial charge in [0.15, 0.2) is 0 Å². The van der Waals surface area contributed by atoms with E-state index in [-0.39, 0.29) is 0 Å². The molecular formula is C9H11NO2S. The number of carboxylic acids is 1. The molecule has 70 valence electrons. The van der Waals surface area contributed by atoms with Gasteiger partial charge in [0.2, 0.25) is 0 Å². The van der Waals surface area contributed by atoms with Crippen molar-refractivity contribution in [2.24, 2.45) is 0 Å². The molecule has 0 unspecified atom stereocenters. The molecule has 1 heterocycles. The van der Waals surface area contributed by atoms with Crippen LogP contribution < -0.4 is 0 Å². The Bertz CT molecular complexity index is 346. The molecule has 1 fully saturated rings. The molecular weight excluding hydrogens is 186 g/mol. The highest BCUT2D eigenvalue weighted by Crippen LogP contribution is 2.49. The van der Waals surface area contributed by atoms with Gasteiger partial charge in [0.1, 0.15) is 10.4 Å². The number of rotatable bonds is 2. The first-order valence-corrected chi connectivity index (χ1v) is 5.06. The largest absolute Gasteiger partial charge is 0.481 e. The second-order valence-electron chi connectivity index (χ2n) is 3.55. The zero-order chi connectivity index (χ0) is 9.64. The van der Waals surface area contributed by atoms with Gasteiger partial charge in [-0.3, -0.25) is 4.79 Å². The molecule has 1 aromatic rings. The summed E-state index contributed by atoms with van der Waals surface area (Å²) in [5, 5.41) is 9.81. The Labute approximate surface area is 80.4 Å². The first kappa shape index (κ1) is 8.69. The van der Waals surface area contributed by atoms with E-state index >= 15 is 0 Å². The Balaban J connectivity index is 2.41. The maximum absolute atomic E-state index is 11.0. The van der Waals surface area contributed by atoms with E-state index in [0.29, 0.717) is 0 Å². The number of carboxylic acid groups (broad SMARTS) is 1. The summed E-state index contributed by atoms with van der Waals surface area (Å²) in [6.45, 7) is 3.90. The molecule has 0 radical (unpaired) electrons. The number of thiazole rings is 1. The average Bonchev–Trinajstić information content (AvgIpc) is 2.77. The average molecular weight is 197 g/mol. The van der Waals surface area contributed by atoms with Crippen molar-refractivity contribution in [2.75, 3.05) is 0 Å². The first-order valence-electron chi connectivity index (χ1n) is 4.24. The molecule has 1 aliphatic carbocycles. The van der Waals surface area contributed by atoms with Crippen molar-refractivity contribution in [3.8, 4) is 0 Å². The highest BCUT2D eigenvalue weighted by molar-refractivity contribution is 7.12. The summed E-state index contributed by atoms with van der Waals surface area (Å²) in [4.78, 5) is 16.4. The SMILES string of the molecule is Cc1nc(C2(C(=O)O)CC2)sc1C. The van der Waals surface area contributed by atoms with E-state index in [4.69, 9.17) is 5.11 Å². The molecule has 0 aliphatic heterocycles. The fourth-order valence-electron chi connectivity index (χ4n) is 1.32. The van der Waals surface area contributed by atoms with Crippen LogP contribution in [0.25, 0.3) is 0 Å². The zero-order valence-electron chi connectivity index (χ0n) is 7.63. The van der Waals surface area contributed by atoms with E-state index in [1.54, 1.807) is 0 Å². The summed E-state index contributed by atoms with van der Waals surface area (Å²) >= 11 is 1.52. The summed E-state index contributed by atoms with van der Waals surface area (Å²) in [5.41, 5.74) is 0.344. The van der Waals surface area contributed by atoms with Gasteiger partial charge in [-0.25, -0.2) is 4.98 Å². The van der Waals surface area contributed by atoms with Crippen molar-refractivity contribution in [2.45, 2.75) is 32.1 Å². The van der Waals surface area contributed by atoms with Crippen LogP contribution >= 0.6 is 11.3 Å². The van der Waals surface area contributed by atoms with Gasteiger partial charge in [-0.1, -0.05) is 0 Å². The molecule has 3 nitrogen and oxygen atoms in total. The Hall–Kier alpha value is -0.900. The van der Waals surface area contributed by atoms with Gasteiger partial charge in [-0.2, -0.15) is 0 Å². The third-order valence-corrected chi connectivity index (χ3v) is 3.87. The minimum absolute atomic E-state index is 0.621. The van der Waals surface area contributed by atoms with Crippen LogP contribution in [0.15, 0.2) is 0 Å². The fraction of sp³-hybridized carbons (Fsp3) is 0.556. The van der Waals surface area contributed by atoms with Crippen LogP contribution in [0.3, 0.4) is 0 Å². The molecule has 0 aromatic carbocycles. The zero-order valence-corrected chi connectivity index (χ0v) is 8.44. The molecule has 2 rings (SSSR count). The Morgan fingerprint density at radius 1 is 1.54 bits per heavy atom. The maximum atomic E-state index is 11.0. The molecule has 4 heteroatoms. The number of aryl methyl sites for hydroxylation is 2. The van der Waals surface area contributed by atoms with E-state index in [1.165, 1.54) is 11.3 Å². The summed E-state index contributed by atoms with van der Waals surface area (Å²) in [6.07, 6.45) is 1.49. The predicted molar refractivity (Wildman–Crippen MR) is 50.1 cm³/mol. The number of nitrogens with zero attached hydrogens (tertiary/aromatic N) is 1. The molecule has 1 saturated carbocycles. The lowest BCUT2D eigenvalue weighted by Gasteiger charge is -2.03. The number of hydrogen-bond donors (Lipinski definition) is 1. The lowest BCUT2D eigenvalue weighted by molar-refractivity contribution is -0.140. The molecule has 0 bridgehead atoms. The van der Waals surface area contributed by atoms with E-state index in [0.717, 1.165) is 28.4 Å². The molecule has 0 amide bonds. The predicted octanol–water partition coefficient (Wildman–Crippen LogP) is 1.88. The van der Waals surface area contributed by atoms with Gasteiger partial charge < -0.3 is 5.11 Å². The molecule has 1 aromatic heterocycles. The van der Waals surface area contributed by atoms with Crippen LogP contribution in [0.1, 0.15) is 28.4 Å². The monoisotopic (exact) mass is 197 g/mol. The standard InChI is InChI=1S/C9H11NO2S/c1-5-6(2)13-7(10-5)9(3-4-9)8(11)12/h3-4H2,1-2H3,(H,11,12). The van der Waals surface area contributed by atoms with Crippen LogP contribution in [0, 0.1) is 13.8 Å². The number of carbonyl (C=O) groups is 1. The molecule has 13 heavy (non-hydrogen) atoms. The van der Waals surface area contributed by atoms with Gasteiger partial charge in [0.05, 0.1) is 5.69 Å². The van der Waals surface area contributed by atoms with Crippen LogP contribution in [0.4, 0.5) is 0 Å². The van der Waals surface area contributed by atoms with E-state index in [2.05, 4.69) is 4.98 Å². The van der Waals surface area contributed by atoms with Crippen LogP contribution in [0.2, 0.25) is 0 Å². The van der Waals surface area contributed by atoms with Crippen LogP contribution in [0.5, 0.6) is 0 Å². The smallest absolute Gasteiger partial charge is 0.316 e. The minimum atomic E-state index is -0.721. The normalized spacial score (nSPS) is 18.6. The molecule has 1 aliphatic rings. The van der Waals surface area contributed by atoms with Crippen molar-refractivity contribution < 1.29 is 9.90 Å². The van der Waals surface area contributed by atoms with Gasteiger partial charge >= 0.3 is 5.97 Å². The topological polar surface area (TPSA) is 50.2 Å². The lowest BCUT2D eigenvalue weighted by Crippen LogP contribution is -2.19. The van der Waals surface area contributed by atoms with Crippen LogP contribution in [-0.4, -0.2) is 16.1 Å². The van der Waals surface area contributed by atoms with Crippen molar-refractivity contribution in [1.29, 1.82) is 0 Å². The maximum Gasteiger partial charge on any atom is 0.316 e. The summed E-state index contributed by atoms with van der Waals surface area (Å²) < 4.78 is 0. The highest BCUT2D eigenvalue weighted by atomic mass is 32.1. The summed E-state index contributed by atoms with van der Waals surface area (Å²) in [6, 6.07) is 0. The molecule has 0 spiro atoms. The van der Waals surface area contributed by atoms with Crippen molar-refractivity contribution in [3.05, 3.63) is 15.6 Å². The van der Waals surface area contributed by atoms with Crippen molar-refractivity contribution >= 4 is 17.3 Å². The lowest BCUT2D eigenvalue weighted by atomic mass is 10.1. The van der Waals surface area contributed by atoms with E-state index < -0.39 is 11.4 Å². The third kappa shape index (κ3) is 1.16. The fourth-order valence-corrected chi connectivity index (χ4v) is 2.47. The first-order chi connectivity index (χ1) is 6.06. The second kappa shape index (κ2) is 2.54. The van der Waals surface area contributed by atoms with E-state index in [9.17, 15) is 4.79 Å². The van der Waals surface area contributed by atoms with Crippen LogP contribution in [-0.2, 0) is 10.2 Å². The molecule has 0 atom stereocenters. The Kier molecular flexibility index (Phi) is 1.70. The molecule has 1 N–H and O–H groups in total. The second-order valence-corrected chi connectivity index (χ2v) is 4.75. The van der Waals surface area contributed by atoms with Crippen molar-refractivity contribution in [3.63, 3.8) is 0 Å². The van der Waals surface area contributed by atoms with Gasteiger partial charge in [0.25, 0.3) is 0 Å². The van der Waals surface area contributed by atoms with E-state index in [1.807, 2.05) is 13.8 Å².